The maximum Gasteiger partial charge on any atom is 0.150 e. The Balaban J connectivity index is 1.71. The van der Waals surface area contributed by atoms with E-state index in [1.807, 2.05) is 6.07 Å². The Kier molecular flexibility index (Phi) is 4.82. The molecule has 4 rings (SSSR count). The molecule has 0 aliphatic carbocycles. The number of halogens is 2. The fraction of sp³-hybridized carbons (Fsp3) is 0.174. The first-order valence-electron chi connectivity index (χ1n) is 9.20. The van der Waals surface area contributed by atoms with E-state index in [4.69, 9.17) is 0 Å². The van der Waals surface area contributed by atoms with E-state index < -0.39 is 0 Å². The second-order valence-corrected chi connectivity index (χ2v) is 6.96. The minimum absolute atomic E-state index is 0.239. The van der Waals surface area contributed by atoms with E-state index in [0.717, 1.165) is 33.5 Å². The lowest BCUT2D eigenvalue weighted by Gasteiger charge is -2.13. The van der Waals surface area contributed by atoms with E-state index >= 15 is 0 Å². The number of nitrogens with one attached hydrogen (secondary N) is 1. The number of anilines is 1. The number of hydrogen-bond acceptors (Lipinski definition) is 2. The first-order valence-corrected chi connectivity index (χ1v) is 9.20. The lowest BCUT2D eigenvalue weighted by molar-refractivity contribution is 0.626. The summed E-state index contributed by atoms with van der Waals surface area (Å²) in [7, 11) is 0. The van der Waals surface area contributed by atoms with Crippen molar-refractivity contribution in [2.45, 2.75) is 26.9 Å². The average Bonchev–Trinajstić information content (AvgIpc) is 2.95. The molecule has 0 saturated heterocycles. The third kappa shape index (κ3) is 3.48. The molecular formula is C23H21F2N3. The number of rotatable bonds is 5. The number of nitrogens with zero attached hydrogens (tertiary/aromatic N) is 2. The van der Waals surface area contributed by atoms with Crippen LogP contribution < -0.4 is 5.32 Å². The van der Waals surface area contributed by atoms with Crippen LogP contribution in [-0.2, 0) is 13.1 Å². The lowest BCUT2D eigenvalue weighted by Crippen LogP contribution is -2.07. The molecule has 0 aliphatic heterocycles. The molecule has 3 nitrogen and oxygen atoms in total. The molecule has 0 atom stereocenters. The maximum atomic E-state index is 13.3. The Morgan fingerprint density at radius 2 is 1.46 bits per heavy atom. The summed E-state index contributed by atoms with van der Waals surface area (Å²) >= 11 is 0. The predicted octanol–water partition coefficient (Wildman–Crippen LogP) is 5.59. The summed E-state index contributed by atoms with van der Waals surface area (Å²) in [4.78, 5) is 4.54. The third-order valence-corrected chi connectivity index (χ3v) is 5.17. The minimum Gasteiger partial charge on any atom is -0.364 e. The smallest absolute Gasteiger partial charge is 0.150 e. The summed E-state index contributed by atoms with van der Waals surface area (Å²) in [5.41, 5.74) is 5.37. The van der Waals surface area contributed by atoms with Gasteiger partial charge in [0.25, 0.3) is 0 Å². The highest BCUT2D eigenvalue weighted by Crippen LogP contribution is 2.30. The number of pyridine rings is 1. The van der Waals surface area contributed by atoms with Gasteiger partial charge in [0, 0.05) is 30.4 Å². The number of aromatic nitrogens is 2. The summed E-state index contributed by atoms with van der Waals surface area (Å²) in [6.45, 7) is 5.37. The van der Waals surface area contributed by atoms with E-state index in [0.29, 0.717) is 13.1 Å². The zero-order chi connectivity index (χ0) is 19.7. The molecule has 0 saturated carbocycles. The fourth-order valence-corrected chi connectivity index (χ4v) is 3.48. The second kappa shape index (κ2) is 7.43. The first-order chi connectivity index (χ1) is 13.5. The quantitative estimate of drug-likeness (QED) is 0.491. The fourth-order valence-electron chi connectivity index (χ4n) is 3.48. The van der Waals surface area contributed by atoms with Gasteiger partial charge in [0.15, 0.2) is 5.82 Å². The number of fused-ring (bicyclic) bond motifs is 1. The molecule has 0 aliphatic rings. The summed E-state index contributed by atoms with van der Waals surface area (Å²) in [5, 5.41) is 4.52. The highest BCUT2D eigenvalue weighted by atomic mass is 19.1. The van der Waals surface area contributed by atoms with Crippen molar-refractivity contribution in [1.82, 2.24) is 9.55 Å². The largest absolute Gasteiger partial charge is 0.364 e. The average molecular weight is 377 g/mol. The highest BCUT2D eigenvalue weighted by molar-refractivity contribution is 5.93. The van der Waals surface area contributed by atoms with Gasteiger partial charge >= 0.3 is 0 Å². The maximum absolute atomic E-state index is 13.3. The molecular weight excluding hydrogens is 356 g/mol. The Labute approximate surface area is 162 Å². The third-order valence-electron chi connectivity index (χ3n) is 5.17. The summed E-state index contributed by atoms with van der Waals surface area (Å²) < 4.78 is 28.6. The SMILES string of the molecule is Cc1c(C)n(Cc2ccc(F)cc2)c2c(NCc3ccc(F)cc3)nccc12. The minimum atomic E-state index is -0.247. The van der Waals surface area contributed by atoms with Gasteiger partial charge in [0.05, 0.1) is 5.52 Å². The molecule has 0 radical (unpaired) electrons. The molecule has 0 amide bonds. The molecule has 28 heavy (non-hydrogen) atoms. The number of benzene rings is 2. The van der Waals surface area contributed by atoms with Crippen LogP contribution in [-0.4, -0.2) is 9.55 Å². The molecule has 2 heterocycles. The Bertz CT molecular complexity index is 1110. The molecule has 142 valence electrons. The molecule has 0 unspecified atom stereocenters. The summed E-state index contributed by atoms with van der Waals surface area (Å²) in [6, 6.07) is 15.0. The van der Waals surface area contributed by atoms with Crippen LogP contribution in [0.5, 0.6) is 0 Å². The van der Waals surface area contributed by atoms with Gasteiger partial charge in [-0.15, -0.1) is 0 Å². The van der Waals surface area contributed by atoms with Crippen molar-refractivity contribution in [2.24, 2.45) is 0 Å². The van der Waals surface area contributed by atoms with Gasteiger partial charge in [-0.3, -0.25) is 0 Å². The van der Waals surface area contributed by atoms with Crippen LogP contribution in [0.3, 0.4) is 0 Å². The van der Waals surface area contributed by atoms with E-state index in [2.05, 4.69) is 28.7 Å². The number of aryl methyl sites for hydroxylation is 1. The van der Waals surface area contributed by atoms with Gasteiger partial charge in [-0.2, -0.15) is 0 Å². The van der Waals surface area contributed by atoms with Crippen LogP contribution in [0.25, 0.3) is 10.9 Å². The van der Waals surface area contributed by atoms with E-state index in [1.165, 1.54) is 29.8 Å². The van der Waals surface area contributed by atoms with Crippen LogP contribution in [0.1, 0.15) is 22.4 Å². The zero-order valence-corrected chi connectivity index (χ0v) is 15.8. The van der Waals surface area contributed by atoms with Crippen LogP contribution in [0.15, 0.2) is 60.8 Å². The van der Waals surface area contributed by atoms with E-state index in [1.54, 1.807) is 30.5 Å². The molecule has 1 N–H and O–H groups in total. The van der Waals surface area contributed by atoms with Crippen molar-refractivity contribution in [1.29, 1.82) is 0 Å². The molecule has 4 aromatic rings. The second-order valence-electron chi connectivity index (χ2n) is 6.96. The summed E-state index contributed by atoms with van der Waals surface area (Å²) in [6.07, 6.45) is 1.80. The van der Waals surface area contributed by atoms with Gasteiger partial charge in [-0.05, 0) is 60.9 Å². The molecule has 2 aromatic heterocycles. The van der Waals surface area contributed by atoms with E-state index in [9.17, 15) is 8.78 Å². The topological polar surface area (TPSA) is 29.9 Å². The van der Waals surface area contributed by atoms with Crippen molar-refractivity contribution in [3.05, 3.63) is 94.8 Å². The molecule has 2 aromatic carbocycles. The van der Waals surface area contributed by atoms with E-state index in [-0.39, 0.29) is 11.6 Å². The van der Waals surface area contributed by atoms with Crippen LogP contribution >= 0.6 is 0 Å². The Hall–Kier alpha value is -3.21. The standard InChI is InChI=1S/C23H21F2N3/c1-15-16(2)28(14-18-5-9-20(25)10-6-18)22-21(15)11-12-26-23(22)27-13-17-3-7-19(24)8-4-17/h3-12H,13-14H2,1-2H3,(H,26,27). The van der Waals surface area contributed by atoms with Crippen molar-refractivity contribution in [3.63, 3.8) is 0 Å². The predicted molar refractivity (Wildman–Crippen MR) is 108 cm³/mol. The van der Waals surface area contributed by atoms with Crippen molar-refractivity contribution >= 4 is 16.7 Å². The zero-order valence-electron chi connectivity index (χ0n) is 15.8. The van der Waals surface area contributed by atoms with Crippen molar-refractivity contribution in [2.75, 3.05) is 5.32 Å². The van der Waals surface area contributed by atoms with Crippen LogP contribution in [0.2, 0.25) is 0 Å². The van der Waals surface area contributed by atoms with Gasteiger partial charge < -0.3 is 9.88 Å². The van der Waals surface area contributed by atoms with Gasteiger partial charge in [-0.1, -0.05) is 24.3 Å². The molecule has 0 fully saturated rings. The van der Waals surface area contributed by atoms with Gasteiger partial charge in [0.1, 0.15) is 11.6 Å². The lowest BCUT2D eigenvalue weighted by atomic mass is 10.2. The molecule has 0 spiro atoms. The molecule has 0 bridgehead atoms. The first kappa shape index (κ1) is 18.2. The monoisotopic (exact) mass is 377 g/mol. The van der Waals surface area contributed by atoms with Gasteiger partial charge in [-0.25, -0.2) is 13.8 Å². The van der Waals surface area contributed by atoms with Crippen molar-refractivity contribution < 1.29 is 8.78 Å². The molecule has 5 heteroatoms. The normalized spacial score (nSPS) is 11.1. The van der Waals surface area contributed by atoms with Crippen LogP contribution in [0.4, 0.5) is 14.6 Å². The highest BCUT2D eigenvalue weighted by Gasteiger charge is 2.15. The Morgan fingerprint density at radius 3 is 2.11 bits per heavy atom. The van der Waals surface area contributed by atoms with Crippen molar-refractivity contribution in [3.8, 4) is 0 Å². The summed E-state index contributed by atoms with van der Waals surface area (Å²) in [5.74, 6) is 0.292. The Morgan fingerprint density at radius 1 is 0.857 bits per heavy atom. The van der Waals surface area contributed by atoms with Crippen LogP contribution in [0, 0.1) is 25.5 Å². The van der Waals surface area contributed by atoms with Gasteiger partial charge in [0.2, 0.25) is 0 Å². The number of hydrogen-bond donors (Lipinski definition) is 1.